The Morgan fingerprint density at radius 1 is 1.03 bits per heavy atom. The lowest BCUT2D eigenvalue weighted by atomic mass is 10.0. The maximum Gasteiger partial charge on any atom is 0.251 e. The van der Waals surface area contributed by atoms with Gasteiger partial charge in [0, 0.05) is 18.7 Å². The Balaban J connectivity index is 1.29. The van der Waals surface area contributed by atoms with Gasteiger partial charge in [0.15, 0.2) is 11.5 Å². The normalized spacial score (nSPS) is 17.6. The number of fused-ring (bicyclic) bond motifs is 2. The number of sulfonamides is 1. The van der Waals surface area contributed by atoms with Crippen LogP contribution < -0.4 is 14.8 Å². The van der Waals surface area contributed by atoms with E-state index in [4.69, 9.17) is 21.1 Å². The van der Waals surface area contributed by atoms with Crippen molar-refractivity contribution in [2.45, 2.75) is 24.0 Å². The van der Waals surface area contributed by atoms with Crippen molar-refractivity contribution in [2.24, 2.45) is 0 Å². The summed E-state index contributed by atoms with van der Waals surface area (Å²) in [6.45, 7) is 1.13. The molecular weight excluding hydrogens is 476 g/mol. The van der Waals surface area contributed by atoms with E-state index in [-0.39, 0.29) is 34.7 Å². The largest absolute Gasteiger partial charge is 0.486 e. The molecule has 2 aliphatic rings. The van der Waals surface area contributed by atoms with Crippen LogP contribution in [0.3, 0.4) is 0 Å². The van der Waals surface area contributed by atoms with Crippen molar-refractivity contribution in [3.05, 3.63) is 88.4 Å². The number of nitrogens with zero attached hydrogens (tertiary/aromatic N) is 1. The number of benzene rings is 3. The molecule has 0 spiro atoms. The van der Waals surface area contributed by atoms with Crippen LogP contribution in [0.1, 0.15) is 21.5 Å². The summed E-state index contributed by atoms with van der Waals surface area (Å²) >= 11 is 6.28. The van der Waals surface area contributed by atoms with Gasteiger partial charge in [-0.1, -0.05) is 48.0 Å². The van der Waals surface area contributed by atoms with Crippen LogP contribution in [0.5, 0.6) is 11.5 Å². The molecule has 1 N–H and O–H groups in total. The number of carbonyl (C=O) groups excluding carboxylic acids is 1. The fourth-order valence-electron chi connectivity index (χ4n) is 4.13. The lowest BCUT2D eigenvalue weighted by Gasteiger charge is -2.28. The van der Waals surface area contributed by atoms with E-state index in [9.17, 15) is 13.2 Å². The van der Waals surface area contributed by atoms with Crippen LogP contribution in [0.25, 0.3) is 0 Å². The van der Waals surface area contributed by atoms with Crippen molar-refractivity contribution in [1.82, 2.24) is 9.62 Å². The van der Waals surface area contributed by atoms with Crippen molar-refractivity contribution in [3.8, 4) is 11.5 Å². The highest BCUT2D eigenvalue weighted by Gasteiger charge is 2.31. The number of ether oxygens (including phenoxy) is 2. The highest BCUT2D eigenvalue weighted by Crippen LogP contribution is 2.31. The number of amides is 1. The minimum absolute atomic E-state index is 0.0765. The zero-order valence-electron chi connectivity index (χ0n) is 18.2. The quantitative estimate of drug-likeness (QED) is 0.580. The summed E-state index contributed by atoms with van der Waals surface area (Å²) in [6, 6.07) is 19.4. The molecular formula is C25H23ClN2O5S. The first-order chi connectivity index (χ1) is 16.4. The van der Waals surface area contributed by atoms with Gasteiger partial charge in [0.05, 0.1) is 11.6 Å². The fourth-order valence-corrected chi connectivity index (χ4v) is 6.05. The first-order valence-corrected chi connectivity index (χ1v) is 12.8. The van der Waals surface area contributed by atoms with Crippen LogP contribution in [0.15, 0.2) is 71.6 Å². The van der Waals surface area contributed by atoms with Crippen LogP contribution in [-0.4, -0.2) is 44.4 Å². The molecule has 0 unspecified atom stereocenters. The first kappa shape index (κ1) is 22.7. The molecule has 0 saturated carbocycles. The number of hydrogen-bond acceptors (Lipinski definition) is 5. The van der Waals surface area contributed by atoms with E-state index in [1.807, 2.05) is 42.5 Å². The van der Waals surface area contributed by atoms with E-state index in [2.05, 4.69) is 5.32 Å². The van der Waals surface area contributed by atoms with E-state index >= 15 is 0 Å². The summed E-state index contributed by atoms with van der Waals surface area (Å²) in [7, 11) is -3.88. The van der Waals surface area contributed by atoms with Gasteiger partial charge in [0.1, 0.15) is 17.6 Å². The summed E-state index contributed by atoms with van der Waals surface area (Å²) < 4.78 is 39.7. The van der Waals surface area contributed by atoms with Crippen LogP contribution >= 0.6 is 11.6 Å². The van der Waals surface area contributed by atoms with Gasteiger partial charge in [-0.05, 0) is 47.9 Å². The van der Waals surface area contributed by atoms with E-state index < -0.39 is 15.9 Å². The molecule has 0 aromatic heterocycles. The molecule has 2 aliphatic heterocycles. The number of para-hydroxylation sites is 2. The highest BCUT2D eigenvalue weighted by molar-refractivity contribution is 7.89. The van der Waals surface area contributed by atoms with Crippen molar-refractivity contribution in [3.63, 3.8) is 0 Å². The van der Waals surface area contributed by atoms with E-state index in [0.29, 0.717) is 31.1 Å². The summed E-state index contributed by atoms with van der Waals surface area (Å²) in [5, 5.41) is 2.87. The van der Waals surface area contributed by atoms with Crippen LogP contribution in [0, 0.1) is 0 Å². The predicted octanol–water partition coefficient (Wildman–Crippen LogP) is 3.66. The SMILES string of the molecule is O=C(NC[C@@H]1COc2ccccc2O1)c1ccc(Cl)c(S(=O)(=O)N2CCc3ccccc3C2)c1. The average Bonchev–Trinajstić information content (AvgIpc) is 2.87. The smallest absolute Gasteiger partial charge is 0.251 e. The Hall–Kier alpha value is -3.07. The molecule has 0 radical (unpaired) electrons. The van der Waals surface area contributed by atoms with Crippen LogP contribution in [-0.2, 0) is 23.0 Å². The molecule has 0 bridgehead atoms. The molecule has 176 valence electrons. The van der Waals surface area contributed by atoms with E-state index in [0.717, 1.165) is 11.1 Å². The van der Waals surface area contributed by atoms with Gasteiger partial charge in [-0.15, -0.1) is 0 Å². The van der Waals surface area contributed by atoms with Crippen molar-refractivity contribution >= 4 is 27.5 Å². The molecule has 0 fully saturated rings. The number of nitrogens with one attached hydrogen (secondary N) is 1. The summed E-state index contributed by atoms with van der Waals surface area (Å²) in [5.74, 6) is 0.869. The second-order valence-corrected chi connectivity index (χ2v) is 10.5. The molecule has 3 aromatic carbocycles. The minimum atomic E-state index is -3.88. The monoisotopic (exact) mass is 498 g/mol. The minimum Gasteiger partial charge on any atom is -0.486 e. The third-order valence-electron chi connectivity index (χ3n) is 5.96. The van der Waals surface area contributed by atoms with E-state index in [1.54, 1.807) is 6.07 Å². The third-order valence-corrected chi connectivity index (χ3v) is 8.29. The van der Waals surface area contributed by atoms with Crippen molar-refractivity contribution < 1.29 is 22.7 Å². The van der Waals surface area contributed by atoms with Gasteiger partial charge in [-0.3, -0.25) is 4.79 Å². The summed E-state index contributed by atoms with van der Waals surface area (Å²) in [5.41, 5.74) is 2.32. The van der Waals surface area contributed by atoms with Gasteiger partial charge in [0.25, 0.3) is 5.91 Å². The second kappa shape index (κ2) is 9.29. The maximum absolute atomic E-state index is 13.4. The molecule has 9 heteroatoms. The number of halogens is 1. The topological polar surface area (TPSA) is 84.9 Å². The first-order valence-electron chi connectivity index (χ1n) is 10.9. The van der Waals surface area contributed by atoms with Gasteiger partial charge < -0.3 is 14.8 Å². The van der Waals surface area contributed by atoms with Crippen LogP contribution in [0.4, 0.5) is 0 Å². The number of rotatable bonds is 5. The van der Waals surface area contributed by atoms with Gasteiger partial charge in [-0.25, -0.2) is 8.42 Å². The Bertz CT molecular complexity index is 1340. The van der Waals surface area contributed by atoms with Gasteiger partial charge >= 0.3 is 0 Å². The maximum atomic E-state index is 13.4. The molecule has 2 heterocycles. The molecule has 7 nitrogen and oxygen atoms in total. The molecule has 1 atom stereocenters. The standard InChI is InChI=1S/C25H23ClN2O5S/c26-21-10-9-18(25(29)27-14-20-16-32-22-7-3-4-8-23(22)33-20)13-24(21)34(30,31)28-12-11-17-5-1-2-6-19(17)15-28/h1-10,13,20H,11-12,14-16H2,(H,27,29)/t20-/m1/s1. The Morgan fingerprint density at radius 3 is 2.59 bits per heavy atom. The number of carbonyl (C=O) groups is 1. The van der Waals surface area contributed by atoms with E-state index in [1.165, 1.54) is 22.5 Å². The molecule has 0 saturated heterocycles. The average molecular weight is 499 g/mol. The second-order valence-electron chi connectivity index (χ2n) is 8.21. The Morgan fingerprint density at radius 2 is 1.76 bits per heavy atom. The molecule has 0 aliphatic carbocycles. The molecule has 3 aromatic rings. The Kier molecular flexibility index (Phi) is 6.20. The molecule has 1 amide bonds. The van der Waals surface area contributed by atoms with Gasteiger partial charge in [-0.2, -0.15) is 4.31 Å². The predicted molar refractivity (Wildman–Crippen MR) is 128 cm³/mol. The van der Waals surface area contributed by atoms with Gasteiger partial charge in [0.2, 0.25) is 10.0 Å². The lowest BCUT2D eigenvalue weighted by Crippen LogP contribution is -2.40. The fraction of sp³-hybridized carbons (Fsp3) is 0.240. The third kappa shape index (κ3) is 4.49. The molecule has 34 heavy (non-hydrogen) atoms. The lowest BCUT2D eigenvalue weighted by molar-refractivity contribution is 0.0789. The Labute approximate surface area is 203 Å². The zero-order valence-corrected chi connectivity index (χ0v) is 19.8. The van der Waals surface area contributed by atoms with Crippen molar-refractivity contribution in [2.75, 3.05) is 19.7 Å². The number of hydrogen-bond donors (Lipinski definition) is 1. The molecule has 5 rings (SSSR count). The zero-order chi connectivity index (χ0) is 23.7. The summed E-state index contributed by atoms with van der Waals surface area (Å²) in [4.78, 5) is 12.7. The van der Waals surface area contributed by atoms with Crippen LogP contribution in [0.2, 0.25) is 5.02 Å². The highest BCUT2D eigenvalue weighted by atomic mass is 35.5. The summed E-state index contributed by atoms with van der Waals surface area (Å²) in [6.07, 6.45) is 0.266. The van der Waals surface area contributed by atoms with Crippen molar-refractivity contribution in [1.29, 1.82) is 0 Å².